The van der Waals surface area contributed by atoms with Crippen molar-refractivity contribution in [1.82, 2.24) is 14.4 Å². The van der Waals surface area contributed by atoms with E-state index >= 15 is 0 Å². The Bertz CT molecular complexity index is 917. The number of hydrogen-bond donors (Lipinski definition) is 1. The van der Waals surface area contributed by atoms with Gasteiger partial charge >= 0.3 is 11.2 Å². The van der Waals surface area contributed by atoms with E-state index in [-0.39, 0.29) is 5.82 Å². The average Bonchev–Trinajstić information content (AvgIpc) is 2.90. The largest absolute Gasteiger partial charge is 0.376 e. The first kappa shape index (κ1) is 14.1. The molecule has 0 unspecified atom stereocenters. The van der Waals surface area contributed by atoms with Crippen molar-refractivity contribution in [1.29, 1.82) is 0 Å². The molecule has 112 valence electrons. The maximum atomic E-state index is 12.3. The molecule has 9 heteroatoms. The Morgan fingerprint density at radius 1 is 1.45 bits per heavy atom. The van der Waals surface area contributed by atoms with E-state index in [4.69, 9.17) is 0 Å². The fourth-order valence-electron chi connectivity index (χ4n) is 2.03. The number of aryl methyl sites for hydroxylation is 1. The lowest BCUT2D eigenvalue weighted by Crippen LogP contribution is -2.21. The van der Waals surface area contributed by atoms with E-state index in [1.807, 2.05) is 6.92 Å². The predicted molar refractivity (Wildman–Crippen MR) is 82.3 cm³/mol. The first-order valence-electron chi connectivity index (χ1n) is 6.36. The molecule has 0 aromatic carbocycles. The molecule has 0 saturated carbocycles. The molecule has 0 amide bonds. The third-order valence-electron chi connectivity index (χ3n) is 3.15. The van der Waals surface area contributed by atoms with Crippen LogP contribution in [-0.4, -0.2) is 19.3 Å². The number of nitrogens with one attached hydrogen (secondary N) is 1. The molecular formula is C13H11N5O3S. The van der Waals surface area contributed by atoms with Gasteiger partial charge in [0.05, 0.1) is 22.7 Å². The zero-order valence-electron chi connectivity index (χ0n) is 11.5. The van der Waals surface area contributed by atoms with Crippen molar-refractivity contribution in [2.45, 2.75) is 13.5 Å². The van der Waals surface area contributed by atoms with E-state index in [1.54, 1.807) is 23.7 Å². The molecule has 0 spiro atoms. The van der Waals surface area contributed by atoms with Gasteiger partial charge in [-0.25, -0.2) is 9.97 Å². The Kier molecular flexibility index (Phi) is 3.55. The molecule has 0 fully saturated rings. The van der Waals surface area contributed by atoms with Crippen molar-refractivity contribution >= 4 is 28.5 Å². The minimum atomic E-state index is -0.712. The van der Waals surface area contributed by atoms with Crippen LogP contribution in [0.25, 0.3) is 5.65 Å². The SMILES string of the molecule is Cc1ncsc1CNc1nc2ccccn2c(=O)c1[N+](=O)[O-]. The summed E-state index contributed by atoms with van der Waals surface area (Å²) in [6.45, 7) is 2.18. The van der Waals surface area contributed by atoms with E-state index in [9.17, 15) is 14.9 Å². The van der Waals surface area contributed by atoms with Crippen LogP contribution >= 0.6 is 11.3 Å². The normalized spacial score (nSPS) is 10.8. The highest BCUT2D eigenvalue weighted by Gasteiger charge is 2.23. The van der Waals surface area contributed by atoms with Crippen LogP contribution in [0.3, 0.4) is 0 Å². The van der Waals surface area contributed by atoms with Gasteiger partial charge in [-0.1, -0.05) is 6.07 Å². The first-order valence-corrected chi connectivity index (χ1v) is 7.24. The van der Waals surface area contributed by atoms with Gasteiger partial charge in [-0.05, 0) is 19.1 Å². The summed E-state index contributed by atoms with van der Waals surface area (Å²) in [6.07, 6.45) is 1.45. The van der Waals surface area contributed by atoms with Crippen LogP contribution < -0.4 is 10.9 Å². The summed E-state index contributed by atoms with van der Waals surface area (Å²) in [5, 5.41) is 14.1. The second kappa shape index (κ2) is 5.53. The molecule has 0 radical (unpaired) electrons. The standard InChI is InChI=1S/C13H11N5O3S/c1-8-9(22-7-15-8)6-14-12-11(18(20)21)13(19)17-5-3-2-4-10(17)16-12/h2-5,7,14H,6H2,1H3. The Balaban J connectivity index is 2.07. The fourth-order valence-corrected chi connectivity index (χ4v) is 2.74. The van der Waals surface area contributed by atoms with Gasteiger partial charge in [0.25, 0.3) is 0 Å². The minimum Gasteiger partial charge on any atom is -0.359 e. The third-order valence-corrected chi connectivity index (χ3v) is 4.09. The van der Waals surface area contributed by atoms with Crippen LogP contribution in [-0.2, 0) is 6.54 Å². The second-order valence-electron chi connectivity index (χ2n) is 4.51. The molecule has 0 atom stereocenters. The number of aromatic nitrogens is 3. The van der Waals surface area contributed by atoms with Gasteiger partial charge in [-0.15, -0.1) is 11.3 Å². The topological polar surface area (TPSA) is 102 Å². The molecule has 3 aromatic heterocycles. The van der Waals surface area contributed by atoms with Gasteiger partial charge in [-0.2, -0.15) is 0 Å². The lowest BCUT2D eigenvalue weighted by molar-refractivity contribution is -0.385. The summed E-state index contributed by atoms with van der Waals surface area (Å²) < 4.78 is 1.15. The molecule has 0 saturated heterocycles. The van der Waals surface area contributed by atoms with E-state index in [1.165, 1.54) is 17.5 Å². The van der Waals surface area contributed by atoms with Crippen LogP contribution in [0, 0.1) is 17.0 Å². The van der Waals surface area contributed by atoms with Crippen molar-refractivity contribution in [2.24, 2.45) is 0 Å². The van der Waals surface area contributed by atoms with Crippen LogP contribution in [0.1, 0.15) is 10.6 Å². The molecule has 3 heterocycles. The van der Waals surface area contributed by atoms with Crippen molar-refractivity contribution < 1.29 is 4.92 Å². The zero-order valence-corrected chi connectivity index (χ0v) is 12.3. The summed E-state index contributed by atoms with van der Waals surface area (Å²) in [5.41, 5.74) is 1.62. The van der Waals surface area contributed by atoms with E-state index in [2.05, 4.69) is 15.3 Å². The molecule has 0 aliphatic carbocycles. The molecule has 0 aliphatic rings. The number of pyridine rings is 1. The van der Waals surface area contributed by atoms with Gasteiger partial charge in [0.15, 0.2) is 0 Å². The molecule has 0 bridgehead atoms. The van der Waals surface area contributed by atoms with Gasteiger partial charge in [0.1, 0.15) is 5.65 Å². The quantitative estimate of drug-likeness (QED) is 0.583. The smallest absolute Gasteiger partial charge is 0.359 e. The fraction of sp³-hybridized carbons (Fsp3) is 0.154. The Hall–Kier alpha value is -2.81. The van der Waals surface area contributed by atoms with Crippen LogP contribution in [0.4, 0.5) is 11.5 Å². The lowest BCUT2D eigenvalue weighted by Gasteiger charge is -2.07. The highest BCUT2D eigenvalue weighted by atomic mass is 32.1. The van der Waals surface area contributed by atoms with E-state index in [0.717, 1.165) is 15.0 Å². The Morgan fingerprint density at radius 3 is 2.95 bits per heavy atom. The summed E-state index contributed by atoms with van der Waals surface area (Å²) >= 11 is 1.44. The summed E-state index contributed by atoms with van der Waals surface area (Å²) in [4.78, 5) is 32.0. The third kappa shape index (κ3) is 2.42. The van der Waals surface area contributed by atoms with Crippen molar-refractivity contribution in [3.8, 4) is 0 Å². The van der Waals surface area contributed by atoms with Gasteiger partial charge in [0.2, 0.25) is 5.82 Å². The first-order chi connectivity index (χ1) is 10.6. The van der Waals surface area contributed by atoms with Crippen LogP contribution in [0.2, 0.25) is 0 Å². The van der Waals surface area contributed by atoms with E-state index in [0.29, 0.717) is 12.2 Å². The van der Waals surface area contributed by atoms with Gasteiger partial charge in [0, 0.05) is 11.1 Å². The van der Waals surface area contributed by atoms with Crippen molar-refractivity contribution in [3.63, 3.8) is 0 Å². The molecule has 3 rings (SSSR count). The number of fused-ring (bicyclic) bond motifs is 1. The maximum absolute atomic E-state index is 12.3. The van der Waals surface area contributed by atoms with Gasteiger partial charge in [-0.3, -0.25) is 19.3 Å². The molecule has 0 aliphatic heterocycles. The number of anilines is 1. The summed E-state index contributed by atoms with van der Waals surface area (Å²) in [6, 6.07) is 4.95. The summed E-state index contributed by atoms with van der Waals surface area (Å²) in [7, 11) is 0. The Morgan fingerprint density at radius 2 is 2.27 bits per heavy atom. The van der Waals surface area contributed by atoms with Crippen molar-refractivity contribution in [3.05, 3.63) is 60.9 Å². The van der Waals surface area contributed by atoms with E-state index < -0.39 is 16.2 Å². The molecular weight excluding hydrogens is 306 g/mol. The number of nitro groups is 1. The highest BCUT2D eigenvalue weighted by molar-refractivity contribution is 7.09. The minimum absolute atomic E-state index is 0.0333. The van der Waals surface area contributed by atoms with Crippen LogP contribution in [0.15, 0.2) is 34.7 Å². The maximum Gasteiger partial charge on any atom is 0.376 e. The van der Waals surface area contributed by atoms with Crippen LogP contribution in [0.5, 0.6) is 0 Å². The number of nitrogens with zero attached hydrogens (tertiary/aromatic N) is 4. The zero-order chi connectivity index (χ0) is 15.7. The number of rotatable bonds is 4. The number of thiazole rings is 1. The molecule has 1 N–H and O–H groups in total. The lowest BCUT2D eigenvalue weighted by atomic mass is 10.3. The Labute approximate surface area is 128 Å². The predicted octanol–water partition coefficient (Wildman–Crippen LogP) is 1.98. The average molecular weight is 317 g/mol. The summed E-state index contributed by atoms with van der Waals surface area (Å²) in [5.74, 6) is -0.0333. The van der Waals surface area contributed by atoms with Crippen molar-refractivity contribution in [2.75, 3.05) is 5.32 Å². The molecule has 3 aromatic rings. The highest BCUT2D eigenvalue weighted by Crippen LogP contribution is 2.20. The molecule has 8 nitrogen and oxygen atoms in total. The monoisotopic (exact) mass is 317 g/mol. The van der Waals surface area contributed by atoms with Gasteiger partial charge < -0.3 is 5.32 Å². The number of hydrogen-bond acceptors (Lipinski definition) is 7. The molecule has 22 heavy (non-hydrogen) atoms. The second-order valence-corrected chi connectivity index (χ2v) is 5.45.